The van der Waals surface area contributed by atoms with Gasteiger partial charge in [-0.2, -0.15) is 0 Å². The van der Waals surface area contributed by atoms with Gasteiger partial charge in [0.2, 0.25) is 0 Å². The van der Waals surface area contributed by atoms with Crippen molar-refractivity contribution in [3.63, 3.8) is 0 Å². The average Bonchev–Trinajstić information content (AvgIpc) is 2.73. The third-order valence-corrected chi connectivity index (χ3v) is 6.40. The van der Waals surface area contributed by atoms with Crippen LogP contribution in [0.5, 0.6) is 0 Å². The van der Waals surface area contributed by atoms with E-state index in [4.69, 9.17) is 0 Å². The fourth-order valence-electron chi connectivity index (χ4n) is 4.58. The number of aliphatic hydroxyl groups is 1. The molecule has 0 aliphatic heterocycles. The van der Waals surface area contributed by atoms with Crippen LogP contribution >= 0.6 is 0 Å². The van der Waals surface area contributed by atoms with E-state index < -0.39 is 0 Å². The van der Waals surface area contributed by atoms with Crippen molar-refractivity contribution in [2.75, 3.05) is 0 Å². The van der Waals surface area contributed by atoms with E-state index in [9.17, 15) is 5.11 Å². The molecular formula is C26H36O. The molecule has 0 spiro atoms. The first-order chi connectivity index (χ1) is 13.2. The number of benzene rings is 2. The molecule has 1 saturated carbocycles. The van der Waals surface area contributed by atoms with Crippen molar-refractivity contribution in [3.8, 4) is 0 Å². The summed E-state index contributed by atoms with van der Waals surface area (Å²) in [6.07, 6.45) is 12.2. The van der Waals surface area contributed by atoms with Crippen molar-refractivity contribution in [2.45, 2.75) is 77.2 Å². The first-order valence-electron chi connectivity index (χ1n) is 11.1. The molecular weight excluding hydrogens is 328 g/mol. The van der Waals surface area contributed by atoms with Gasteiger partial charge in [0.15, 0.2) is 0 Å². The van der Waals surface area contributed by atoms with E-state index in [-0.39, 0.29) is 6.10 Å². The third-order valence-electron chi connectivity index (χ3n) is 6.40. The number of aryl methyl sites for hydroxylation is 2. The van der Waals surface area contributed by atoms with Gasteiger partial charge in [-0.1, -0.05) is 93.6 Å². The summed E-state index contributed by atoms with van der Waals surface area (Å²) in [5.74, 6) is 1.71. The van der Waals surface area contributed by atoms with Crippen LogP contribution in [-0.4, -0.2) is 5.11 Å². The van der Waals surface area contributed by atoms with E-state index in [2.05, 4.69) is 31.2 Å². The number of aliphatic hydroxyl groups excluding tert-OH is 1. The minimum absolute atomic E-state index is 0.292. The van der Waals surface area contributed by atoms with E-state index in [1.807, 2.05) is 30.3 Å². The maximum atomic E-state index is 10.4. The minimum atomic E-state index is -0.292. The lowest BCUT2D eigenvalue weighted by Crippen LogP contribution is -2.16. The van der Waals surface area contributed by atoms with Gasteiger partial charge in [-0.15, -0.1) is 0 Å². The first kappa shape index (κ1) is 20.1. The zero-order chi connectivity index (χ0) is 18.9. The summed E-state index contributed by atoms with van der Waals surface area (Å²) in [5, 5.41) is 10.4. The summed E-state index contributed by atoms with van der Waals surface area (Å²) >= 11 is 0. The molecule has 146 valence electrons. The Labute approximate surface area is 165 Å². The van der Waals surface area contributed by atoms with Gasteiger partial charge in [-0.05, 0) is 60.6 Å². The molecule has 1 aliphatic carbocycles. The van der Waals surface area contributed by atoms with Gasteiger partial charge in [-0.25, -0.2) is 0 Å². The van der Waals surface area contributed by atoms with Crippen molar-refractivity contribution in [2.24, 2.45) is 11.8 Å². The first-order valence-corrected chi connectivity index (χ1v) is 11.1. The van der Waals surface area contributed by atoms with Crippen LogP contribution in [0.3, 0.4) is 0 Å². The molecule has 0 radical (unpaired) electrons. The van der Waals surface area contributed by atoms with Crippen LogP contribution in [0.2, 0.25) is 0 Å². The van der Waals surface area contributed by atoms with Crippen LogP contribution in [0.1, 0.15) is 81.1 Å². The molecule has 3 rings (SSSR count). The molecule has 1 nitrogen and oxygen atoms in total. The van der Waals surface area contributed by atoms with Gasteiger partial charge in [0.1, 0.15) is 0 Å². The normalized spacial score (nSPS) is 21.1. The van der Waals surface area contributed by atoms with Crippen molar-refractivity contribution in [1.29, 1.82) is 0 Å². The predicted octanol–water partition coefficient (Wildman–Crippen LogP) is 6.89. The molecule has 1 heteroatoms. The molecule has 1 fully saturated rings. The lowest BCUT2D eigenvalue weighted by atomic mass is 9.77. The number of rotatable bonds is 9. The SMILES string of the molecule is CCCc1ccc(CCC2CCC(CCC(O)c3ccccc3)CC2)cc1. The highest BCUT2D eigenvalue weighted by atomic mass is 16.3. The van der Waals surface area contributed by atoms with Crippen LogP contribution in [0.25, 0.3) is 0 Å². The smallest absolute Gasteiger partial charge is 0.0790 e. The summed E-state index contributed by atoms with van der Waals surface area (Å²) in [6, 6.07) is 19.4. The highest BCUT2D eigenvalue weighted by molar-refractivity contribution is 5.22. The van der Waals surface area contributed by atoms with E-state index in [1.54, 1.807) is 0 Å². The van der Waals surface area contributed by atoms with Crippen molar-refractivity contribution in [1.82, 2.24) is 0 Å². The van der Waals surface area contributed by atoms with Gasteiger partial charge >= 0.3 is 0 Å². The fraction of sp³-hybridized carbons (Fsp3) is 0.538. The quantitative estimate of drug-likeness (QED) is 0.513. The average molecular weight is 365 g/mol. The van der Waals surface area contributed by atoms with Gasteiger partial charge in [0, 0.05) is 0 Å². The molecule has 1 N–H and O–H groups in total. The Morgan fingerprint density at radius 2 is 1.33 bits per heavy atom. The summed E-state index contributed by atoms with van der Waals surface area (Å²) in [7, 11) is 0. The van der Waals surface area contributed by atoms with Crippen molar-refractivity contribution in [3.05, 3.63) is 71.3 Å². The molecule has 1 unspecified atom stereocenters. The van der Waals surface area contributed by atoms with Crippen LogP contribution < -0.4 is 0 Å². The van der Waals surface area contributed by atoms with Crippen molar-refractivity contribution >= 4 is 0 Å². The fourth-order valence-corrected chi connectivity index (χ4v) is 4.58. The topological polar surface area (TPSA) is 20.2 Å². The Hall–Kier alpha value is -1.60. The predicted molar refractivity (Wildman–Crippen MR) is 115 cm³/mol. The van der Waals surface area contributed by atoms with E-state index in [0.29, 0.717) is 0 Å². The molecule has 0 aromatic heterocycles. The number of hydrogen-bond donors (Lipinski definition) is 1. The van der Waals surface area contributed by atoms with E-state index >= 15 is 0 Å². The van der Waals surface area contributed by atoms with Gasteiger partial charge in [-0.3, -0.25) is 0 Å². The van der Waals surface area contributed by atoms with Gasteiger partial charge in [0.25, 0.3) is 0 Å². The second kappa shape index (κ2) is 10.7. The second-order valence-corrected chi connectivity index (χ2v) is 8.50. The maximum absolute atomic E-state index is 10.4. The summed E-state index contributed by atoms with van der Waals surface area (Å²) in [6.45, 7) is 2.24. The highest BCUT2D eigenvalue weighted by Gasteiger charge is 2.22. The Kier molecular flexibility index (Phi) is 7.95. The molecule has 0 saturated heterocycles. The minimum Gasteiger partial charge on any atom is -0.388 e. The van der Waals surface area contributed by atoms with Crippen LogP contribution in [0.4, 0.5) is 0 Å². The van der Waals surface area contributed by atoms with Crippen LogP contribution in [0.15, 0.2) is 54.6 Å². The molecule has 2 aromatic carbocycles. The van der Waals surface area contributed by atoms with Gasteiger partial charge < -0.3 is 5.11 Å². The number of hydrogen-bond acceptors (Lipinski definition) is 1. The molecule has 27 heavy (non-hydrogen) atoms. The summed E-state index contributed by atoms with van der Waals surface area (Å²) in [5.41, 5.74) is 4.04. The van der Waals surface area contributed by atoms with E-state index in [1.165, 1.54) is 68.9 Å². The third kappa shape index (κ3) is 6.50. The Bertz CT molecular complexity index is 638. The zero-order valence-electron chi connectivity index (χ0n) is 16.9. The Balaban J connectivity index is 1.34. The Morgan fingerprint density at radius 3 is 1.93 bits per heavy atom. The zero-order valence-corrected chi connectivity index (χ0v) is 16.9. The largest absolute Gasteiger partial charge is 0.388 e. The lowest BCUT2D eigenvalue weighted by molar-refractivity contribution is 0.146. The molecule has 0 heterocycles. The summed E-state index contributed by atoms with van der Waals surface area (Å²) in [4.78, 5) is 0. The lowest BCUT2D eigenvalue weighted by Gasteiger charge is -2.29. The monoisotopic (exact) mass is 364 g/mol. The highest BCUT2D eigenvalue weighted by Crippen LogP contribution is 2.35. The standard InChI is InChI=1S/C26H36O/c1-2-6-21-9-11-22(12-10-21)13-14-23-15-17-24(18-16-23)19-20-26(27)25-7-4-3-5-8-25/h3-5,7-12,23-24,26-27H,2,6,13-20H2,1H3. The maximum Gasteiger partial charge on any atom is 0.0790 e. The Morgan fingerprint density at radius 1 is 0.778 bits per heavy atom. The molecule has 0 bridgehead atoms. The molecule has 2 aromatic rings. The second-order valence-electron chi connectivity index (χ2n) is 8.50. The van der Waals surface area contributed by atoms with Crippen LogP contribution in [0, 0.1) is 11.8 Å². The molecule has 0 amide bonds. The summed E-state index contributed by atoms with van der Waals surface area (Å²) < 4.78 is 0. The van der Waals surface area contributed by atoms with Crippen molar-refractivity contribution < 1.29 is 5.11 Å². The van der Waals surface area contributed by atoms with Crippen LogP contribution in [-0.2, 0) is 12.8 Å². The van der Waals surface area contributed by atoms with Gasteiger partial charge in [0.05, 0.1) is 6.10 Å². The van der Waals surface area contributed by atoms with E-state index in [0.717, 1.165) is 23.8 Å². The molecule has 1 atom stereocenters. The molecule has 1 aliphatic rings.